The molecule has 0 heterocycles. The predicted molar refractivity (Wildman–Crippen MR) is 169 cm³/mol. The van der Waals surface area contributed by atoms with Crippen molar-refractivity contribution in [3.05, 3.63) is 66.6 Å². The van der Waals surface area contributed by atoms with Crippen LogP contribution in [0.15, 0.2) is 48.5 Å². The SMILES string of the molecule is CC(=O)NCC=O.CNC(C(=O)NCC=O)C(C)C.Cc1ccc(O)cc1.[CH2-]c1ccc(NC(=O)C(CC(=O)O)NC)cc1.[K+]. The molecule has 14 heteroatoms. The number of hydrogen-bond acceptors (Lipinski definition) is 9. The fourth-order valence-corrected chi connectivity index (χ4v) is 3.07. The third-order valence-electron chi connectivity index (χ3n) is 5.35. The summed E-state index contributed by atoms with van der Waals surface area (Å²) >= 11 is 0. The molecule has 0 aromatic heterocycles. The molecular weight excluding hydrogens is 609 g/mol. The minimum atomic E-state index is -1.02. The fourth-order valence-electron chi connectivity index (χ4n) is 3.07. The van der Waals surface area contributed by atoms with Gasteiger partial charge in [-0.3, -0.25) is 19.2 Å². The molecule has 2 aromatic carbocycles. The Kier molecular flexibility index (Phi) is 29.2. The molecule has 7 N–H and O–H groups in total. The molecule has 0 fully saturated rings. The molecule has 0 aliphatic rings. The Labute approximate surface area is 308 Å². The smallest absolute Gasteiger partial charge is 0.508 e. The number of benzene rings is 2. The number of aldehydes is 2. The Morgan fingerprint density at radius 3 is 1.71 bits per heavy atom. The number of aliphatic carboxylic acids is 1. The maximum absolute atomic E-state index is 11.7. The van der Waals surface area contributed by atoms with Crippen molar-refractivity contribution < 1.29 is 90.4 Å². The molecule has 2 aromatic rings. The Hall–Kier alpha value is -3.11. The predicted octanol–water partition coefficient (Wildman–Crippen LogP) is -1.56. The van der Waals surface area contributed by atoms with Crippen molar-refractivity contribution in [2.75, 3.05) is 32.5 Å². The molecule has 0 spiro atoms. The average molecular weight is 656 g/mol. The van der Waals surface area contributed by atoms with Crippen LogP contribution >= 0.6 is 0 Å². The molecule has 0 aliphatic carbocycles. The van der Waals surface area contributed by atoms with Crippen LogP contribution < -0.4 is 78.0 Å². The summed E-state index contributed by atoms with van der Waals surface area (Å²) < 4.78 is 0. The van der Waals surface area contributed by atoms with Crippen LogP contribution in [0.4, 0.5) is 5.69 Å². The van der Waals surface area contributed by atoms with Crippen LogP contribution in [-0.4, -0.2) is 85.7 Å². The van der Waals surface area contributed by atoms with Gasteiger partial charge in [-0.1, -0.05) is 43.7 Å². The molecule has 0 bridgehead atoms. The molecule has 13 nitrogen and oxygen atoms in total. The van der Waals surface area contributed by atoms with E-state index in [1.165, 1.54) is 12.5 Å². The topological polar surface area (TPSA) is 203 Å². The van der Waals surface area contributed by atoms with Crippen LogP contribution in [-0.2, 0) is 28.8 Å². The molecule has 2 atom stereocenters. The maximum Gasteiger partial charge on any atom is 1.00 e. The van der Waals surface area contributed by atoms with Crippen LogP contribution in [0, 0.1) is 19.8 Å². The van der Waals surface area contributed by atoms with Crippen LogP contribution in [0.5, 0.6) is 5.75 Å². The molecule has 0 saturated heterocycles. The number of carbonyl (C=O) groups excluding carboxylic acids is 5. The summed E-state index contributed by atoms with van der Waals surface area (Å²) in [6, 6.07) is 13.1. The van der Waals surface area contributed by atoms with E-state index in [2.05, 4.69) is 33.5 Å². The minimum absolute atomic E-state index is 0. The van der Waals surface area contributed by atoms with Crippen molar-refractivity contribution in [1.82, 2.24) is 21.3 Å². The van der Waals surface area contributed by atoms with Crippen LogP contribution in [0.3, 0.4) is 0 Å². The van der Waals surface area contributed by atoms with Gasteiger partial charge in [0, 0.05) is 12.6 Å². The number of rotatable bonds is 12. The normalized spacial score (nSPS) is 10.6. The molecular formula is C31H46KN5O8. The summed E-state index contributed by atoms with van der Waals surface area (Å²) in [6.45, 7) is 11.2. The first-order valence-electron chi connectivity index (χ1n) is 13.7. The quantitative estimate of drug-likeness (QED) is 0.0797. The van der Waals surface area contributed by atoms with E-state index in [0.29, 0.717) is 24.0 Å². The van der Waals surface area contributed by atoms with E-state index in [1.54, 1.807) is 50.5 Å². The molecule has 2 unspecified atom stereocenters. The van der Waals surface area contributed by atoms with Gasteiger partial charge in [0.2, 0.25) is 17.7 Å². The Morgan fingerprint density at radius 2 is 1.36 bits per heavy atom. The standard InChI is InChI=1S/C12H15N2O3.C8H16N2O2.C7H8O.C4H7NO2.K/c1-8-3-5-9(6-4-8)14-12(17)10(13-2)7-11(15)16;1-6(2)7(9-3)8(12)10-4-5-11;1-6-2-4-7(8)5-3-6;1-4(7)5-2-3-6;/h3-6,10,13H,1,7H2,2H3,(H,14,17)(H,15,16);5-7,9H,4H2,1-3H3,(H,10,12);2-5,8H,1H3;3H,2H2,1H3,(H,5,7);/q-1;;;;+1. The Balaban J connectivity index is -0.000000552. The van der Waals surface area contributed by atoms with E-state index in [0.717, 1.165) is 5.56 Å². The maximum atomic E-state index is 11.7. The number of phenols is 1. The summed E-state index contributed by atoms with van der Waals surface area (Å²) in [4.78, 5) is 62.9. The van der Waals surface area contributed by atoms with Gasteiger partial charge in [0.1, 0.15) is 18.3 Å². The molecule has 244 valence electrons. The van der Waals surface area contributed by atoms with Crippen molar-refractivity contribution in [3.63, 3.8) is 0 Å². The van der Waals surface area contributed by atoms with E-state index in [1.807, 2.05) is 32.9 Å². The first-order chi connectivity index (χ1) is 20.7. The molecule has 2 rings (SSSR count). The zero-order valence-electron chi connectivity index (χ0n) is 27.2. The van der Waals surface area contributed by atoms with Gasteiger partial charge in [-0.2, -0.15) is 24.6 Å². The number of aromatic hydroxyl groups is 1. The second-order valence-corrected chi connectivity index (χ2v) is 9.49. The van der Waals surface area contributed by atoms with Gasteiger partial charge in [0.25, 0.3) is 0 Å². The zero-order chi connectivity index (χ0) is 34.1. The van der Waals surface area contributed by atoms with Gasteiger partial charge in [0.15, 0.2) is 0 Å². The van der Waals surface area contributed by atoms with Gasteiger partial charge in [-0.05, 0) is 39.1 Å². The molecule has 0 radical (unpaired) electrons. The van der Waals surface area contributed by atoms with E-state index >= 15 is 0 Å². The summed E-state index contributed by atoms with van der Waals surface area (Å²) in [5.74, 6) is -1.14. The monoisotopic (exact) mass is 655 g/mol. The largest absolute Gasteiger partial charge is 1.00 e. The molecule has 45 heavy (non-hydrogen) atoms. The Bertz CT molecular complexity index is 1120. The van der Waals surface area contributed by atoms with Crippen molar-refractivity contribution in [2.24, 2.45) is 5.92 Å². The number of nitrogens with one attached hydrogen (secondary N) is 5. The summed E-state index contributed by atoms with van der Waals surface area (Å²) in [5, 5.41) is 30.4. The second-order valence-electron chi connectivity index (χ2n) is 9.49. The number of likely N-dealkylation sites (N-methyl/N-ethyl adjacent to an activating group) is 2. The van der Waals surface area contributed by atoms with Crippen molar-refractivity contribution in [1.29, 1.82) is 0 Å². The number of aryl methyl sites for hydroxylation is 1. The average Bonchev–Trinajstić information content (AvgIpc) is 2.97. The number of amides is 3. The minimum Gasteiger partial charge on any atom is -0.508 e. The number of carbonyl (C=O) groups is 6. The summed E-state index contributed by atoms with van der Waals surface area (Å²) in [7, 11) is 3.28. The number of carboxylic acid groups (broad SMARTS) is 1. The molecule has 3 amide bonds. The zero-order valence-corrected chi connectivity index (χ0v) is 30.3. The second kappa shape index (κ2) is 28.4. The first kappa shape index (κ1) is 46.3. The van der Waals surface area contributed by atoms with Crippen LogP contribution in [0.25, 0.3) is 0 Å². The van der Waals surface area contributed by atoms with E-state index in [4.69, 9.17) is 10.2 Å². The van der Waals surface area contributed by atoms with Gasteiger partial charge in [-0.25, -0.2) is 0 Å². The number of anilines is 1. The van der Waals surface area contributed by atoms with E-state index in [9.17, 15) is 28.8 Å². The number of carboxylic acids is 1. The van der Waals surface area contributed by atoms with Gasteiger partial charge in [0.05, 0.1) is 31.6 Å². The van der Waals surface area contributed by atoms with Gasteiger partial charge in [-0.15, -0.1) is 0 Å². The third kappa shape index (κ3) is 25.9. The van der Waals surface area contributed by atoms with Crippen molar-refractivity contribution in [2.45, 2.75) is 46.2 Å². The van der Waals surface area contributed by atoms with Gasteiger partial charge >= 0.3 is 57.4 Å². The third-order valence-corrected chi connectivity index (χ3v) is 5.35. The van der Waals surface area contributed by atoms with E-state index in [-0.39, 0.29) is 101 Å². The Morgan fingerprint density at radius 1 is 0.844 bits per heavy atom. The van der Waals surface area contributed by atoms with Crippen molar-refractivity contribution >= 4 is 42.0 Å². The summed E-state index contributed by atoms with van der Waals surface area (Å²) in [5.41, 5.74) is 2.63. The summed E-state index contributed by atoms with van der Waals surface area (Å²) in [6.07, 6.45) is 1.06. The van der Waals surface area contributed by atoms with Crippen LogP contribution in [0.2, 0.25) is 0 Å². The molecule has 0 aliphatic heterocycles. The van der Waals surface area contributed by atoms with Crippen molar-refractivity contribution in [3.8, 4) is 5.75 Å². The van der Waals surface area contributed by atoms with E-state index < -0.39 is 12.0 Å². The van der Waals surface area contributed by atoms with Crippen LogP contribution in [0.1, 0.15) is 38.3 Å². The van der Waals surface area contributed by atoms with Gasteiger partial charge < -0.3 is 46.4 Å². The number of hydrogen-bond donors (Lipinski definition) is 7. The molecule has 0 saturated carbocycles. The fraction of sp³-hybridized carbons (Fsp3) is 0.387. The first-order valence-corrected chi connectivity index (χ1v) is 13.7. The number of phenolic OH excluding ortho intramolecular Hbond substituents is 1.